The normalized spacial score (nSPS) is 18.3. The molecule has 1 amide bonds. The van der Waals surface area contributed by atoms with Crippen LogP contribution in [0.4, 0.5) is 5.82 Å². The number of nitrogens with one attached hydrogen (secondary N) is 1. The number of rotatable bonds is 4. The van der Waals surface area contributed by atoms with E-state index < -0.39 is 0 Å². The van der Waals surface area contributed by atoms with Gasteiger partial charge in [-0.2, -0.15) is 5.10 Å². The molecule has 0 spiro atoms. The molecule has 2 N–H and O–H groups in total. The van der Waals surface area contributed by atoms with Crippen molar-refractivity contribution in [2.24, 2.45) is 5.92 Å². The zero-order chi connectivity index (χ0) is 14.8. The van der Waals surface area contributed by atoms with Gasteiger partial charge in [0.1, 0.15) is 5.75 Å². The van der Waals surface area contributed by atoms with Crippen LogP contribution >= 0.6 is 0 Å². The number of nitrogens with zero attached hydrogens (tertiary/aromatic N) is 2. The Labute approximate surface area is 122 Å². The minimum Gasteiger partial charge on any atom is -0.497 e. The van der Waals surface area contributed by atoms with Gasteiger partial charge in [0.2, 0.25) is 5.91 Å². The van der Waals surface area contributed by atoms with Crippen molar-refractivity contribution in [1.82, 2.24) is 10.2 Å². The monoisotopic (exact) mass is 287 g/mol. The van der Waals surface area contributed by atoms with Crippen molar-refractivity contribution in [1.29, 1.82) is 0 Å². The molecule has 1 aromatic heterocycles. The van der Waals surface area contributed by atoms with Crippen molar-refractivity contribution in [2.45, 2.75) is 6.42 Å². The molecule has 3 rings (SSSR count). The summed E-state index contributed by atoms with van der Waals surface area (Å²) in [4.78, 5) is 13.5. The number of hydrogen-bond donors (Lipinski definition) is 2. The zero-order valence-corrected chi connectivity index (χ0v) is 11.7. The van der Waals surface area contributed by atoms with Gasteiger partial charge in [-0.05, 0) is 29.8 Å². The summed E-state index contributed by atoms with van der Waals surface area (Å²) in [6.07, 6.45) is 0.376. The first-order valence-corrected chi connectivity index (χ1v) is 6.82. The van der Waals surface area contributed by atoms with Crippen molar-refractivity contribution in [2.75, 3.05) is 25.2 Å². The molecule has 1 atom stereocenters. The summed E-state index contributed by atoms with van der Waals surface area (Å²) in [5.74, 6) is 1.39. The molecule has 1 aromatic carbocycles. The van der Waals surface area contributed by atoms with Crippen molar-refractivity contribution < 1.29 is 14.6 Å². The average molecular weight is 287 g/mol. The summed E-state index contributed by atoms with van der Waals surface area (Å²) in [7, 11) is 1.62. The maximum Gasteiger partial charge on any atom is 0.228 e. The lowest BCUT2D eigenvalue weighted by Crippen LogP contribution is -2.25. The first-order chi connectivity index (χ1) is 10.2. The van der Waals surface area contributed by atoms with Crippen LogP contribution in [0.5, 0.6) is 5.75 Å². The molecule has 1 fully saturated rings. The Morgan fingerprint density at radius 2 is 2.19 bits per heavy atom. The molecule has 6 heteroatoms. The van der Waals surface area contributed by atoms with E-state index >= 15 is 0 Å². The van der Waals surface area contributed by atoms with E-state index in [1.807, 2.05) is 30.3 Å². The van der Waals surface area contributed by atoms with Crippen molar-refractivity contribution in [3.63, 3.8) is 0 Å². The summed E-state index contributed by atoms with van der Waals surface area (Å²) in [5.41, 5.74) is 1.81. The molecule has 21 heavy (non-hydrogen) atoms. The molecule has 6 nitrogen and oxygen atoms in total. The predicted octanol–water partition coefficient (Wildman–Crippen LogP) is 1.43. The zero-order valence-electron chi connectivity index (χ0n) is 11.7. The van der Waals surface area contributed by atoms with Gasteiger partial charge in [0, 0.05) is 31.6 Å². The number of anilines is 1. The lowest BCUT2D eigenvalue weighted by molar-refractivity contribution is -0.117. The van der Waals surface area contributed by atoms with Crippen molar-refractivity contribution in [3.8, 4) is 17.0 Å². The second-order valence-electron chi connectivity index (χ2n) is 5.13. The van der Waals surface area contributed by atoms with Crippen molar-refractivity contribution in [3.05, 3.63) is 30.3 Å². The fourth-order valence-electron chi connectivity index (χ4n) is 2.49. The SMILES string of the molecule is COc1ccc(-c2cc(N3CC(CO)CC3=O)n[nH]2)cc1. The van der Waals surface area contributed by atoms with E-state index in [1.54, 1.807) is 12.0 Å². The molecule has 0 aliphatic carbocycles. The van der Waals surface area contributed by atoms with Gasteiger partial charge in [0.15, 0.2) is 5.82 Å². The number of amides is 1. The number of ether oxygens (including phenoxy) is 1. The first kappa shape index (κ1) is 13.6. The number of aromatic amines is 1. The number of aliphatic hydroxyl groups is 1. The van der Waals surface area contributed by atoms with Gasteiger partial charge in [0.25, 0.3) is 0 Å². The van der Waals surface area contributed by atoms with Gasteiger partial charge in [0.05, 0.1) is 12.8 Å². The Hall–Kier alpha value is -2.34. The predicted molar refractivity (Wildman–Crippen MR) is 78.1 cm³/mol. The minimum absolute atomic E-state index is 0.00126. The molecule has 1 unspecified atom stereocenters. The Bertz CT molecular complexity index is 636. The molecule has 1 aliphatic heterocycles. The van der Waals surface area contributed by atoms with E-state index in [-0.39, 0.29) is 18.4 Å². The molecular weight excluding hydrogens is 270 g/mol. The lowest BCUT2D eigenvalue weighted by Gasteiger charge is -2.11. The second kappa shape index (κ2) is 5.57. The maximum absolute atomic E-state index is 11.9. The number of hydrogen-bond acceptors (Lipinski definition) is 4. The number of aromatic nitrogens is 2. The summed E-state index contributed by atoms with van der Waals surface area (Å²) >= 11 is 0. The molecule has 1 saturated heterocycles. The fraction of sp³-hybridized carbons (Fsp3) is 0.333. The number of methoxy groups -OCH3 is 1. The molecular formula is C15H17N3O3. The molecule has 2 aromatic rings. The van der Waals surface area contributed by atoms with Gasteiger partial charge < -0.3 is 9.84 Å². The Kier molecular flexibility index (Phi) is 3.62. The quantitative estimate of drug-likeness (QED) is 0.891. The molecule has 0 saturated carbocycles. The Morgan fingerprint density at radius 1 is 1.43 bits per heavy atom. The highest BCUT2D eigenvalue weighted by Gasteiger charge is 2.31. The van der Waals surface area contributed by atoms with Crippen LogP contribution in [-0.2, 0) is 4.79 Å². The number of aliphatic hydroxyl groups excluding tert-OH is 1. The fourth-order valence-corrected chi connectivity index (χ4v) is 2.49. The van der Waals surface area contributed by atoms with E-state index in [9.17, 15) is 4.79 Å². The largest absolute Gasteiger partial charge is 0.497 e. The molecule has 0 bridgehead atoms. The highest BCUT2D eigenvalue weighted by Crippen LogP contribution is 2.27. The summed E-state index contributed by atoms with van der Waals surface area (Å²) < 4.78 is 5.13. The highest BCUT2D eigenvalue weighted by atomic mass is 16.5. The number of carbonyl (C=O) groups is 1. The summed E-state index contributed by atoms with van der Waals surface area (Å²) in [6.45, 7) is 0.542. The smallest absolute Gasteiger partial charge is 0.228 e. The number of H-pyrrole nitrogens is 1. The average Bonchev–Trinajstić information content (AvgIpc) is 3.13. The van der Waals surface area contributed by atoms with Crippen LogP contribution in [0.25, 0.3) is 11.3 Å². The Morgan fingerprint density at radius 3 is 2.81 bits per heavy atom. The third-order valence-corrected chi connectivity index (χ3v) is 3.71. The topological polar surface area (TPSA) is 78.5 Å². The first-order valence-electron chi connectivity index (χ1n) is 6.82. The van der Waals surface area contributed by atoms with Crippen LogP contribution in [-0.4, -0.2) is 41.5 Å². The van der Waals surface area contributed by atoms with Crippen LogP contribution in [0.1, 0.15) is 6.42 Å². The summed E-state index contributed by atoms with van der Waals surface area (Å²) in [6, 6.07) is 9.45. The van der Waals surface area contributed by atoms with Crippen LogP contribution in [0, 0.1) is 5.92 Å². The van der Waals surface area contributed by atoms with E-state index in [1.165, 1.54) is 0 Å². The molecule has 0 radical (unpaired) electrons. The van der Waals surface area contributed by atoms with E-state index in [4.69, 9.17) is 9.84 Å². The van der Waals surface area contributed by atoms with Gasteiger partial charge in [-0.1, -0.05) is 0 Å². The third kappa shape index (κ3) is 2.62. The van der Waals surface area contributed by atoms with Crippen LogP contribution < -0.4 is 9.64 Å². The van der Waals surface area contributed by atoms with E-state index in [0.717, 1.165) is 17.0 Å². The van der Waals surface area contributed by atoms with Gasteiger partial charge in [-0.25, -0.2) is 0 Å². The van der Waals surface area contributed by atoms with E-state index in [0.29, 0.717) is 18.8 Å². The van der Waals surface area contributed by atoms with Crippen LogP contribution in [0.3, 0.4) is 0 Å². The second-order valence-corrected chi connectivity index (χ2v) is 5.13. The van der Waals surface area contributed by atoms with Gasteiger partial charge in [-0.15, -0.1) is 0 Å². The van der Waals surface area contributed by atoms with Crippen LogP contribution in [0.15, 0.2) is 30.3 Å². The lowest BCUT2D eigenvalue weighted by atomic mass is 10.1. The maximum atomic E-state index is 11.9. The number of benzene rings is 1. The van der Waals surface area contributed by atoms with Gasteiger partial charge >= 0.3 is 0 Å². The highest BCUT2D eigenvalue weighted by molar-refractivity contribution is 5.95. The molecule has 2 heterocycles. The Balaban J connectivity index is 1.81. The van der Waals surface area contributed by atoms with Gasteiger partial charge in [-0.3, -0.25) is 14.8 Å². The molecule has 110 valence electrons. The van der Waals surface area contributed by atoms with Crippen molar-refractivity contribution >= 4 is 11.7 Å². The standard InChI is InChI=1S/C15H17N3O3/c1-21-12-4-2-11(3-5-12)13-7-14(17-16-13)18-8-10(9-19)6-15(18)20/h2-5,7,10,19H,6,8-9H2,1H3,(H,16,17). The summed E-state index contributed by atoms with van der Waals surface area (Å²) in [5, 5.41) is 16.3. The minimum atomic E-state index is -0.00126. The van der Waals surface area contributed by atoms with Crippen LogP contribution in [0.2, 0.25) is 0 Å². The number of carbonyl (C=O) groups excluding carboxylic acids is 1. The van der Waals surface area contributed by atoms with E-state index in [2.05, 4.69) is 10.2 Å². The third-order valence-electron chi connectivity index (χ3n) is 3.71. The molecule has 1 aliphatic rings.